The zero-order chi connectivity index (χ0) is 19.4. The van der Waals surface area contributed by atoms with E-state index in [-0.39, 0.29) is 12.3 Å². The highest BCUT2D eigenvalue weighted by Gasteiger charge is 2.14. The van der Waals surface area contributed by atoms with Gasteiger partial charge in [0.15, 0.2) is 5.01 Å². The molecule has 0 amide bonds. The van der Waals surface area contributed by atoms with Crippen LogP contribution < -0.4 is 10.5 Å². The molecule has 0 saturated carbocycles. The number of rotatable bonds is 7. The fourth-order valence-corrected chi connectivity index (χ4v) is 3.44. The number of aliphatic carboxylic acids is 1. The predicted molar refractivity (Wildman–Crippen MR) is 104 cm³/mol. The number of methoxy groups -OCH3 is 1. The number of aromatic nitrogens is 2. The first-order valence-corrected chi connectivity index (χ1v) is 8.97. The predicted octanol–water partition coefficient (Wildman–Crippen LogP) is 3.18. The summed E-state index contributed by atoms with van der Waals surface area (Å²) in [5.74, 6) is -0.169. The van der Waals surface area contributed by atoms with Crippen molar-refractivity contribution in [2.75, 3.05) is 7.11 Å². The number of carboxylic acids is 1. The van der Waals surface area contributed by atoms with Gasteiger partial charge in [0.2, 0.25) is 0 Å². The lowest BCUT2D eigenvalue weighted by Crippen LogP contribution is -2.10. The van der Waals surface area contributed by atoms with E-state index in [0.29, 0.717) is 27.7 Å². The van der Waals surface area contributed by atoms with Crippen LogP contribution in [0.5, 0.6) is 5.75 Å². The van der Waals surface area contributed by atoms with Gasteiger partial charge in [0.1, 0.15) is 16.6 Å². The highest BCUT2D eigenvalue weighted by Crippen LogP contribution is 2.35. The SMILES string of the molecule is COc1cc(-c2ccc(C(=N)N)cc2)ccc1-c1nnc(CCC(=O)O)s1. The molecular weight excluding hydrogens is 364 g/mol. The number of nitrogens with two attached hydrogens (primary N) is 1. The van der Waals surface area contributed by atoms with E-state index in [1.54, 1.807) is 19.2 Å². The Balaban J connectivity index is 1.88. The molecule has 1 heterocycles. The molecule has 0 saturated heterocycles. The van der Waals surface area contributed by atoms with Crippen LogP contribution in [0.2, 0.25) is 0 Å². The molecule has 0 spiro atoms. The number of amidine groups is 1. The van der Waals surface area contributed by atoms with Gasteiger partial charge < -0.3 is 15.6 Å². The number of benzene rings is 2. The van der Waals surface area contributed by atoms with Crippen LogP contribution in [0.4, 0.5) is 0 Å². The summed E-state index contributed by atoms with van der Waals surface area (Å²) >= 11 is 1.36. The molecule has 0 radical (unpaired) electrons. The minimum Gasteiger partial charge on any atom is -0.496 e. The summed E-state index contributed by atoms with van der Waals surface area (Å²) in [6.45, 7) is 0. The second-order valence-corrected chi connectivity index (χ2v) is 6.86. The standard InChI is InChI=1S/C19H18N4O3S/c1-26-15-10-13(11-2-4-12(5-3-11)18(20)21)6-7-14(15)19-23-22-16(27-19)8-9-17(24)25/h2-7,10H,8-9H2,1H3,(H3,20,21)(H,24,25). The van der Waals surface area contributed by atoms with Crippen LogP contribution in [0.25, 0.3) is 21.7 Å². The number of nitrogen functional groups attached to an aromatic ring is 1. The van der Waals surface area contributed by atoms with Crippen molar-refractivity contribution in [1.82, 2.24) is 10.2 Å². The Bertz CT molecular complexity index is 983. The van der Waals surface area contributed by atoms with Gasteiger partial charge in [0.25, 0.3) is 0 Å². The average molecular weight is 382 g/mol. The van der Waals surface area contributed by atoms with Gasteiger partial charge in [-0.3, -0.25) is 10.2 Å². The number of hydrogen-bond donors (Lipinski definition) is 3. The van der Waals surface area contributed by atoms with Crippen molar-refractivity contribution in [3.05, 3.63) is 53.0 Å². The number of nitrogens with one attached hydrogen (secondary N) is 1. The topological polar surface area (TPSA) is 122 Å². The third-order valence-electron chi connectivity index (χ3n) is 3.98. The maximum Gasteiger partial charge on any atom is 0.303 e. The first-order chi connectivity index (χ1) is 13.0. The quantitative estimate of drug-likeness (QED) is 0.426. The summed E-state index contributed by atoms with van der Waals surface area (Å²) in [4.78, 5) is 10.7. The van der Waals surface area contributed by atoms with E-state index in [2.05, 4.69) is 10.2 Å². The van der Waals surface area contributed by atoms with Crippen LogP contribution in [-0.2, 0) is 11.2 Å². The molecule has 0 atom stereocenters. The van der Waals surface area contributed by atoms with Crippen molar-refractivity contribution in [3.8, 4) is 27.4 Å². The molecule has 0 fully saturated rings. The lowest BCUT2D eigenvalue weighted by Gasteiger charge is -2.09. The van der Waals surface area contributed by atoms with Crippen LogP contribution in [0.15, 0.2) is 42.5 Å². The smallest absolute Gasteiger partial charge is 0.303 e. The summed E-state index contributed by atoms with van der Waals surface area (Å²) in [5, 5.41) is 25.8. The number of hydrogen-bond acceptors (Lipinski definition) is 6. The summed E-state index contributed by atoms with van der Waals surface area (Å²) in [6, 6.07) is 13.2. The minimum absolute atomic E-state index is 0.0287. The Hall–Kier alpha value is -3.26. The van der Waals surface area contributed by atoms with E-state index >= 15 is 0 Å². The Labute approximate surface area is 160 Å². The third kappa shape index (κ3) is 4.29. The maximum atomic E-state index is 10.7. The zero-order valence-electron chi connectivity index (χ0n) is 14.6. The van der Waals surface area contributed by atoms with Gasteiger partial charge in [-0.15, -0.1) is 10.2 Å². The zero-order valence-corrected chi connectivity index (χ0v) is 15.4. The van der Waals surface area contributed by atoms with Gasteiger partial charge in [-0.1, -0.05) is 41.7 Å². The average Bonchev–Trinajstić information content (AvgIpc) is 3.14. The van der Waals surface area contributed by atoms with E-state index < -0.39 is 5.97 Å². The van der Waals surface area contributed by atoms with Crippen molar-refractivity contribution in [1.29, 1.82) is 5.41 Å². The highest BCUT2D eigenvalue weighted by atomic mass is 32.1. The van der Waals surface area contributed by atoms with Crippen molar-refractivity contribution in [2.24, 2.45) is 5.73 Å². The monoisotopic (exact) mass is 382 g/mol. The number of carboxylic acid groups (broad SMARTS) is 1. The lowest BCUT2D eigenvalue weighted by atomic mass is 10.0. The van der Waals surface area contributed by atoms with Gasteiger partial charge >= 0.3 is 5.97 Å². The Kier molecular flexibility index (Phi) is 5.46. The fourth-order valence-electron chi connectivity index (χ4n) is 2.57. The minimum atomic E-state index is -0.857. The van der Waals surface area contributed by atoms with Gasteiger partial charge in [0, 0.05) is 12.0 Å². The molecule has 27 heavy (non-hydrogen) atoms. The molecule has 8 heteroatoms. The van der Waals surface area contributed by atoms with Crippen LogP contribution in [0.3, 0.4) is 0 Å². The summed E-state index contributed by atoms with van der Waals surface area (Å²) in [6.07, 6.45) is 0.386. The number of ether oxygens (including phenoxy) is 1. The van der Waals surface area contributed by atoms with Crippen LogP contribution in [0, 0.1) is 5.41 Å². The van der Waals surface area contributed by atoms with Crippen molar-refractivity contribution in [3.63, 3.8) is 0 Å². The first-order valence-electron chi connectivity index (χ1n) is 8.15. The van der Waals surface area contributed by atoms with Crippen LogP contribution in [-0.4, -0.2) is 34.2 Å². The molecular formula is C19H18N4O3S. The largest absolute Gasteiger partial charge is 0.496 e. The van der Waals surface area contributed by atoms with Gasteiger partial charge in [0.05, 0.1) is 19.1 Å². The first kappa shape index (κ1) is 18.5. The second kappa shape index (κ2) is 7.96. The molecule has 1 aromatic heterocycles. The van der Waals surface area contributed by atoms with Crippen molar-refractivity contribution >= 4 is 23.1 Å². The fraction of sp³-hybridized carbons (Fsp3) is 0.158. The van der Waals surface area contributed by atoms with Gasteiger partial charge in [-0.25, -0.2) is 0 Å². The van der Waals surface area contributed by atoms with E-state index in [1.165, 1.54) is 11.3 Å². The van der Waals surface area contributed by atoms with Gasteiger partial charge in [-0.05, 0) is 23.3 Å². The summed E-state index contributed by atoms with van der Waals surface area (Å²) in [5.41, 5.74) is 8.90. The highest BCUT2D eigenvalue weighted by molar-refractivity contribution is 7.14. The van der Waals surface area contributed by atoms with Crippen LogP contribution >= 0.6 is 11.3 Å². The van der Waals surface area contributed by atoms with E-state index in [9.17, 15) is 4.79 Å². The Morgan fingerprint density at radius 1 is 1.19 bits per heavy atom. The number of carbonyl (C=O) groups is 1. The van der Waals surface area contributed by atoms with Gasteiger partial charge in [-0.2, -0.15) is 0 Å². The molecule has 4 N–H and O–H groups in total. The lowest BCUT2D eigenvalue weighted by molar-refractivity contribution is -0.136. The number of aryl methyl sites for hydroxylation is 1. The molecule has 3 rings (SSSR count). The molecule has 3 aromatic rings. The summed E-state index contributed by atoms with van der Waals surface area (Å²) < 4.78 is 5.52. The molecule has 0 aliphatic carbocycles. The molecule has 0 unspecified atom stereocenters. The molecule has 7 nitrogen and oxygen atoms in total. The van der Waals surface area contributed by atoms with E-state index in [4.69, 9.17) is 21.0 Å². The summed E-state index contributed by atoms with van der Waals surface area (Å²) in [7, 11) is 1.59. The van der Waals surface area contributed by atoms with E-state index in [1.807, 2.05) is 30.3 Å². The van der Waals surface area contributed by atoms with Crippen molar-refractivity contribution < 1.29 is 14.6 Å². The Morgan fingerprint density at radius 2 is 1.89 bits per heavy atom. The normalized spacial score (nSPS) is 10.6. The van der Waals surface area contributed by atoms with E-state index in [0.717, 1.165) is 16.7 Å². The molecule has 0 bridgehead atoms. The third-order valence-corrected chi connectivity index (χ3v) is 5.00. The molecule has 2 aromatic carbocycles. The molecule has 0 aliphatic rings. The van der Waals surface area contributed by atoms with Crippen molar-refractivity contribution in [2.45, 2.75) is 12.8 Å². The Morgan fingerprint density at radius 3 is 2.52 bits per heavy atom. The van der Waals surface area contributed by atoms with Crippen LogP contribution in [0.1, 0.15) is 17.0 Å². The second-order valence-electron chi connectivity index (χ2n) is 5.80. The molecule has 0 aliphatic heterocycles. The molecule has 138 valence electrons. The maximum absolute atomic E-state index is 10.7. The number of nitrogens with zero attached hydrogens (tertiary/aromatic N) is 2.